The number of rotatable bonds is 6. The van der Waals surface area contributed by atoms with Crippen LogP contribution in [0.25, 0.3) is 10.9 Å². The van der Waals surface area contributed by atoms with E-state index in [0.717, 1.165) is 34.6 Å². The Morgan fingerprint density at radius 1 is 0.769 bits per heavy atom. The van der Waals surface area contributed by atoms with Gasteiger partial charge in [-0.05, 0) is 29.8 Å². The van der Waals surface area contributed by atoms with E-state index in [1.165, 1.54) is 5.56 Å². The molecule has 0 radical (unpaired) electrons. The molecule has 0 bridgehead atoms. The number of hydrogen-bond acceptors (Lipinski definition) is 3. The Labute approximate surface area is 153 Å². The summed E-state index contributed by atoms with van der Waals surface area (Å²) in [6.07, 6.45) is 0. The number of hydrogen-bond donors (Lipinski definition) is 1. The average molecular weight is 340 g/mol. The topological polar surface area (TPSA) is 34.1 Å². The Morgan fingerprint density at radius 3 is 2.54 bits per heavy atom. The lowest BCUT2D eigenvalue weighted by molar-refractivity contribution is 0.302. The van der Waals surface area contributed by atoms with Gasteiger partial charge in [0.2, 0.25) is 0 Å². The van der Waals surface area contributed by atoms with Crippen LogP contribution < -0.4 is 10.1 Å². The highest BCUT2D eigenvalue weighted by Crippen LogP contribution is 2.20. The molecule has 3 heteroatoms. The fourth-order valence-electron chi connectivity index (χ4n) is 2.84. The molecule has 0 unspecified atom stereocenters. The van der Waals surface area contributed by atoms with Crippen LogP contribution in [-0.2, 0) is 13.2 Å². The third kappa shape index (κ3) is 4.01. The monoisotopic (exact) mass is 340 g/mol. The van der Waals surface area contributed by atoms with E-state index >= 15 is 0 Å². The van der Waals surface area contributed by atoms with Crippen molar-refractivity contribution >= 4 is 16.6 Å². The molecule has 0 atom stereocenters. The van der Waals surface area contributed by atoms with Gasteiger partial charge in [0, 0.05) is 23.7 Å². The van der Waals surface area contributed by atoms with Crippen LogP contribution in [-0.4, -0.2) is 4.98 Å². The van der Waals surface area contributed by atoms with E-state index < -0.39 is 0 Å². The van der Waals surface area contributed by atoms with Gasteiger partial charge in [0.1, 0.15) is 12.4 Å². The zero-order chi connectivity index (χ0) is 17.6. The van der Waals surface area contributed by atoms with Gasteiger partial charge in [-0.1, -0.05) is 60.7 Å². The molecular weight excluding hydrogens is 320 g/mol. The fourth-order valence-corrected chi connectivity index (χ4v) is 2.84. The van der Waals surface area contributed by atoms with Gasteiger partial charge in [-0.25, -0.2) is 4.98 Å². The van der Waals surface area contributed by atoms with Crippen LogP contribution in [0.15, 0.2) is 91.0 Å². The molecule has 1 heterocycles. The molecule has 3 nitrogen and oxygen atoms in total. The minimum Gasteiger partial charge on any atom is -0.487 e. The zero-order valence-electron chi connectivity index (χ0n) is 14.4. The first-order chi connectivity index (χ1) is 12.9. The number of benzene rings is 3. The van der Waals surface area contributed by atoms with E-state index in [1.807, 2.05) is 66.7 Å². The first-order valence-electron chi connectivity index (χ1n) is 8.72. The Hall–Kier alpha value is -3.33. The lowest BCUT2D eigenvalue weighted by Crippen LogP contribution is -2.01. The summed E-state index contributed by atoms with van der Waals surface area (Å²) in [5.74, 6) is 0.832. The van der Waals surface area contributed by atoms with Gasteiger partial charge in [-0.2, -0.15) is 0 Å². The van der Waals surface area contributed by atoms with Crippen molar-refractivity contribution in [3.8, 4) is 5.75 Å². The van der Waals surface area contributed by atoms with Crippen LogP contribution in [0.5, 0.6) is 5.75 Å². The second-order valence-corrected chi connectivity index (χ2v) is 6.15. The van der Waals surface area contributed by atoms with Crippen LogP contribution in [0.3, 0.4) is 0 Å². The molecule has 0 spiro atoms. The molecule has 0 aliphatic heterocycles. The number of fused-ring (bicyclic) bond motifs is 1. The summed E-state index contributed by atoms with van der Waals surface area (Å²) in [4.78, 5) is 4.65. The zero-order valence-corrected chi connectivity index (χ0v) is 14.4. The van der Waals surface area contributed by atoms with Crippen LogP contribution in [0, 0.1) is 0 Å². The standard InChI is InChI=1S/C23H20N2O/c1-2-7-18(8-3-1)16-24-20-10-6-11-22(15-20)26-17-21-14-13-19-9-4-5-12-23(19)25-21/h1-15,24H,16-17H2. The third-order valence-corrected chi connectivity index (χ3v) is 4.22. The van der Waals surface area contributed by atoms with Crippen molar-refractivity contribution in [2.45, 2.75) is 13.2 Å². The molecule has 1 N–H and O–H groups in total. The van der Waals surface area contributed by atoms with Gasteiger partial charge in [0.25, 0.3) is 0 Å². The third-order valence-electron chi connectivity index (χ3n) is 4.22. The number of ether oxygens (including phenoxy) is 1. The maximum absolute atomic E-state index is 5.93. The summed E-state index contributed by atoms with van der Waals surface area (Å²) >= 11 is 0. The van der Waals surface area contributed by atoms with Crippen molar-refractivity contribution in [3.63, 3.8) is 0 Å². The Morgan fingerprint density at radius 2 is 1.62 bits per heavy atom. The SMILES string of the molecule is c1ccc(CNc2cccc(OCc3ccc4ccccc4n3)c2)cc1. The molecule has 0 aliphatic rings. The largest absolute Gasteiger partial charge is 0.487 e. The van der Waals surface area contributed by atoms with Crippen molar-refractivity contribution in [1.29, 1.82) is 0 Å². The summed E-state index contributed by atoms with van der Waals surface area (Å²) in [7, 11) is 0. The molecule has 0 saturated heterocycles. The minimum absolute atomic E-state index is 0.451. The maximum Gasteiger partial charge on any atom is 0.130 e. The first kappa shape index (κ1) is 16.2. The van der Waals surface area contributed by atoms with E-state index in [0.29, 0.717) is 6.61 Å². The van der Waals surface area contributed by atoms with Crippen molar-refractivity contribution < 1.29 is 4.74 Å². The Bertz CT molecular complexity index is 999. The summed E-state index contributed by atoms with van der Waals surface area (Å²) in [5, 5.41) is 4.57. The smallest absolute Gasteiger partial charge is 0.130 e. The molecule has 128 valence electrons. The van der Waals surface area contributed by atoms with Crippen molar-refractivity contribution in [2.24, 2.45) is 0 Å². The summed E-state index contributed by atoms with van der Waals surface area (Å²) < 4.78 is 5.93. The first-order valence-corrected chi connectivity index (χ1v) is 8.72. The fraction of sp³-hybridized carbons (Fsp3) is 0.0870. The average Bonchev–Trinajstić information content (AvgIpc) is 2.72. The number of aromatic nitrogens is 1. The number of anilines is 1. The number of nitrogens with one attached hydrogen (secondary N) is 1. The molecule has 0 fully saturated rings. The molecule has 0 saturated carbocycles. The lowest BCUT2D eigenvalue weighted by Gasteiger charge is -2.10. The van der Waals surface area contributed by atoms with Crippen molar-refractivity contribution in [2.75, 3.05) is 5.32 Å². The van der Waals surface area contributed by atoms with Gasteiger partial charge in [-0.3, -0.25) is 0 Å². The van der Waals surface area contributed by atoms with Crippen molar-refractivity contribution in [3.05, 3.63) is 102 Å². The van der Waals surface area contributed by atoms with Crippen LogP contribution in [0.4, 0.5) is 5.69 Å². The van der Waals surface area contributed by atoms with E-state index in [1.54, 1.807) is 0 Å². The van der Waals surface area contributed by atoms with Crippen molar-refractivity contribution in [1.82, 2.24) is 4.98 Å². The number of nitrogens with zero attached hydrogens (tertiary/aromatic N) is 1. The second kappa shape index (κ2) is 7.70. The van der Waals surface area contributed by atoms with E-state index in [-0.39, 0.29) is 0 Å². The highest BCUT2D eigenvalue weighted by atomic mass is 16.5. The minimum atomic E-state index is 0.451. The predicted octanol–water partition coefficient (Wildman–Crippen LogP) is 5.43. The van der Waals surface area contributed by atoms with Crippen LogP contribution in [0.2, 0.25) is 0 Å². The molecule has 3 aromatic carbocycles. The van der Waals surface area contributed by atoms with Gasteiger partial charge in [0.15, 0.2) is 0 Å². The summed E-state index contributed by atoms with van der Waals surface area (Å²) in [6.45, 7) is 1.24. The second-order valence-electron chi connectivity index (χ2n) is 6.15. The van der Waals surface area contributed by atoms with Crippen LogP contribution >= 0.6 is 0 Å². The van der Waals surface area contributed by atoms with Gasteiger partial charge in [-0.15, -0.1) is 0 Å². The number of pyridine rings is 1. The van der Waals surface area contributed by atoms with Gasteiger partial charge < -0.3 is 10.1 Å². The number of para-hydroxylation sites is 1. The summed E-state index contributed by atoms with van der Waals surface area (Å²) in [6, 6.07) is 30.6. The molecule has 4 aromatic rings. The molecule has 4 rings (SSSR count). The molecule has 26 heavy (non-hydrogen) atoms. The lowest BCUT2D eigenvalue weighted by atomic mass is 10.2. The highest BCUT2D eigenvalue weighted by molar-refractivity contribution is 5.78. The van der Waals surface area contributed by atoms with E-state index in [2.05, 4.69) is 34.6 Å². The van der Waals surface area contributed by atoms with E-state index in [9.17, 15) is 0 Å². The normalized spacial score (nSPS) is 10.6. The molecular formula is C23H20N2O. The quantitative estimate of drug-likeness (QED) is 0.508. The van der Waals surface area contributed by atoms with Gasteiger partial charge in [0.05, 0.1) is 11.2 Å². The Balaban J connectivity index is 1.40. The summed E-state index contributed by atoms with van der Waals surface area (Å²) in [5.41, 5.74) is 4.20. The molecule has 0 amide bonds. The van der Waals surface area contributed by atoms with Crippen LogP contribution in [0.1, 0.15) is 11.3 Å². The molecule has 0 aliphatic carbocycles. The highest BCUT2D eigenvalue weighted by Gasteiger charge is 2.01. The molecule has 1 aromatic heterocycles. The predicted molar refractivity (Wildman–Crippen MR) is 106 cm³/mol. The van der Waals surface area contributed by atoms with E-state index in [4.69, 9.17) is 4.74 Å². The van der Waals surface area contributed by atoms with Gasteiger partial charge >= 0.3 is 0 Å². The Kier molecular flexibility index (Phi) is 4.79. The maximum atomic E-state index is 5.93.